The minimum Gasteiger partial charge on any atom is -0.472 e. The fourth-order valence-electron chi connectivity index (χ4n) is 2.13. The summed E-state index contributed by atoms with van der Waals surface area (Å²) in [6, 6.07) is 11.1. The van der Waals surface area contributed by atoms with Crippen molar-refractivity contribution in [2.45, 2.75) is 9.87 Å². The minimum absolute atomic E-state index is 0.222. The zero-order valence-corrected chi connectivity index (χ0v) is 14.7. The van der Waals surface area contributed by atoms with E-state index in [4.69, 9.17) is 16.0 Å². The summed E-state index contributed by atoms with van der Waals surface area (Å²) >= 11 is 7.44. The predicted octanol–water partition coefficient (Wildman–Crippen LogP) is 3.40. The Labute approximate surface area is 148 Å². The fourth-order valence-corrected chi connectivity index (χ4v) is 3.30. The van der Waals surface area contributed by atoms with Crippen LogP contribution in [-0.4, -0.2) is 32.4 Å². The molecule has 0 aliphatic rings. The standard InChI is InChI=1S/C16H15ClN4O2S/c1-20(12-6-4-3-5-7-12)15(22)13(17)24-16-19-18-14(21(16)2)11-8-9-23-10-11/h3-10,13H,1-2H3. The van der Waals surface area contributed by atoms with E-state index in [0.29, 0.717) is 11.0 Å². The van der Waals surface area contributed by atoms with Crippen LogP contribution in [0.4, 0.5) is 5.69 Å². The molecule has 0 saturated heterocycles. The van der Waals surface area contributed by atoms with E-state index >= 15 is 0 Å². The van der Waals surface area contributed by atoms with E-state index in [1.165, 1.54) is 4.90 Å². The van der Waals surface area contributed by atoms with Gasteiger partial charge in [0.1, 0.15) is 6.26 Å². The molecule has 1 atom stereocenters. The summed E-state index contributed by atoms with van der Waals surface area (Å²) in [5, 5.41) is 8.78. The van der Waals surface area contributed by atoms with Crippen molar-refractivity contribution in [3.8, 4) is 11.4 Å². The number of carbonyl (C=O) groups excluding carboxylic acids is 1. The molecule has 0 radical (unpaired) electrons. The van der Waals surface area contributed by atoms with E-state index in [-0.39, 0.29) is 5.91 Å². The number of aromatic nitrogens is 3. The molecule has 0 N–H and O–H groups in total. The van der Waals surface area contributed by atoms with Crippen LogP contribution >= 0.6 is 23.4 Å². The Hall–Kier alpha value is -2.25. The van der Waals surface area contributed by atoms with Crippen LogP contribution in [0.25, 0.3) is 11.4 Å². The van der Waals surface area contributed by atoms with Crippen LogP contribution in [0.5, 0.6) is 0 Å². The molecule has 2 aromatic heterocycles. The largest absolute Gasteiger partial charge is 0.472 e. The Bertz CT molecular complexity index is 820. The average Bonchev–Trinajstić information content (AvgIpc) is 3.25. The average molecular weight is 363 g/mol. The van der Waals surface area contributed by atoms with Gasteiger partial charge in [-0.25, -0.2) is 0 Å². The van der Waals surface area contributed by atoms with Crippen LogP contribution < -0.4 is 4.90 Å². The second-order valence-electron chi connectivity index (χ2n) is 5.04. The number of hydrogen-bond donors (Lipinski definition) is 0. The monoisotopic (exact) mass is 362 g/mol. The van der Waals surface area contributed by atoms with Crippen LogP contribution in [-0.2, 0) is 11.8 Å². The summed E-state index contributed by atoms with van der Waals surface area (Å²) in [7, 11) is 3.51. The van der Waals surface area contributed by atoms with E-state index in [2.05, 4.69) is 10.2 Å². The first-order valence-electron chi connectivity index (χ1n) is 7.13. The Kier molecular flexibility index (Phi) is 4.92. The van der Waals surface area contributed by atoms with Crippen LogP contribution in [0.2, 0.25) is 0 Å². The number of amides is 1. The lowest BCUT2D eigenvalue weighted by Gasteiger charge is -2.19. The summed E-state index contributed by atoms with van der Waals surface area (Å²) in [4.78, 5) is 14.0. The van der Waals surface area contributed by atoms with Crippen molar-refractivity contribution >= 4 is 35.0 Å². The first-order valence-corrected chi connectivity index (χ1v) is 8.45. The lowest BCUT2D eigenvalue weighted by atomic mass is 10.3. The van der Waals surface area contributed by atoms with Gasteiger partial charge in [0.15, 0.2) is 15.7 Å². The zero-order chi connectivity index (χ0) is 17.1. The Morgan fingerprint density at radius 1 is 1.29 bits per heavy atom. The first-order chi connectivity index (χ1) is 11.6. The number of carbonyl (C=O) groups is 1. The number of halogens is 1. The highest BCUT2D eigenvalue weighted by molar-refractivity contribution is 8.01. The summed E-state index contributed by atoms with van der Waals surface area (Å²) < 4.78 is 6.03. The van der Waals surface area contributed by atoms with Crippen LogP contribution in [0.3, 0.4) is 0 Å². The molecule has 0 fully saturated rings. The fraction of sp³-hybridized carbons (Fsp3) is 0.188. The molecule has 8 heteroatoms. The molecule has 0 aliphatic carbocycles. The minimum atomic E-state index is -0.810. The molecular weight excluding hydrogens is 348 g/mol. The van der Waals surface area contributed by atoms with E-state index in [1.807, 2.05) is 37.4 Å². The maximum atomic E-state index is 12.5. The number of alkyl halides is 1. The molecule has 0 bridgehead atoms. The van der Waals surface area contributed by atoms with Gasteiger partial charge in [0.05, 0.1) is 11.8 Å². The number of benzene rings is 1. The van der Waals surface area contributed by atoms with Gasteiger partial charge in [-0.05, 0) is 18.2 Å². The normalized spacial score (nSPS) is 12.1. The molecule has 1 unspecified atom stereocenters. The van der Waals surface area contributed by atoms with Crippen molar-refractivity contribution in [3.63, 3.8) is 0 Å². The maximum Gasteiger partial charge on any atom is 0.255 e. The number of hydrogen-bond acceptors (Lipinski definition) is 5. The molecule has 0 aliphatic heterocycles. The topological polar surface area (TPSA) is 64.2 Å². The zero-order valence-electron chi connectivity index (χ0n) is 13.1. The Balaban J connectivity index is 1.73. The highest BCUT2D eigenvalue weighted by atomic mass is 35.5. The Morgan fingerprint density at radius 2 is 2.04 bits per heavy atom. The molecule has 3 rings (SSSR count). The summed E-state index contributed by atoms with van der Waals surface area (Å²) in [6.45, 7) is 0. The summed E-state index contributed by atoms with van der Waals surface area (Å²) in [5.74, 6) is 0.430. The van der Waals surface area contributed by atoms with Crippen molar-refractivity contribution in [1.82, 2.24) is 14.8 Å². The molecule has 24 heavy (non-hydrogen) atoms. The third-order valence-electron chi connectivity index (χ3n) is 3.49. The van der Waals surface area contributed by atoms with Crippen molar-refractivity contribution < 1.29 is 9.21 Å². The molecule has 2 heterocycles. The second kappa shape index (κ2) is 7.11. The smallest absolute Gasteiger partial charge is 0.255 e. The van der Waals surface area contributed by atoms with E-state index in [1.54, 1.807) is 30.2 Å². The van der Waals surface area contributed by atoms with Gasteiger partial charge < -0.3 is 13.9 Å². The molecule has 1 aromatic carbocycles. The molecule has 0 saturated carbocycles. The third-order valence-corrected chi connectivity index (χ3v) is 4.92. The highest BCUT2D eigenvalue weighted by Gasteiger charge is 2.24. The lowest BCUT2D eigenvalue weighted by Crippen LogP contribution is -2.32. The number of para-hydroxylation sites is 1. The first kappa shape index (κ1) is 16.6. The lowest BCUT2D eigenvalue weighted by molar-refractivity contribution is -0.116. The Morgan fingerprint density at radius 3 is 2.71 bits per heavy atom. The van der Waals surface area contributed by atoms with E-state index in [9.17, 15) is 4.79 Å². The van der Waals surface area contributed by atoms with E-state index in [0.717, 1.165) is 23.0 Å². The van der Waals surface area contributed by atoms with Crippen molar-refractivity contribution in [1.29, 1.82) is 0 Å². The number of rotatable bonds is 5. The van der Waals surface area contributed by atoms with Gasteiger partial charge in [0.25, 0.3) is 5.91 Å². The third kappa shape index (κ3) is 3.32. The number of nitrogens with zero attached hydrogens (tertiary/aromatic N) is 4. The number of thioether (sulfide) groups is 1. The van der Waals surface area contributed by atoms with Gasteiger partial charge in [0.2, 0.25) is 0 Å². The highest BCUT2D eigenvalue weighted by Crippen LogP contribution is 2.29. The van der Waals surface area contributed by atoms with Gasteiger partial charge in [-0.3, -0.25) is 4.79 Å². The van der Waals surface area contributed by atoms with Gasteiger partial charge >= 0.3 is 0 Å². The van der Waals surface area contributed by atoms with Gasteiger partial charge in [-0.15, -0.1) is 10.2 Å². The van der Waals surface area contributed by atoms with Crippen LogP contribution in [0.15, 0.2) is 58.5 Å². The van der Waals surface area contributed by atoms with E-state index < -0.39 is 4.71 Å². The molecular formula is C16H15ClN4O2S. The van der Waals surface area contributed by atoms with Crippen molar-refractivity contribution in [3.05, 3.63) is 48.9 Å². The SMILES string of the molecule is CN(C(=O)C(Cl)Sc1nnc(-c2ccoc2)n1C)c1ccccc1. The van der Waals surface area contributed by atoms with Gasteiger partial charge in [-0.1, -0.05) is 41.6 Å². The molecule has 6 nitrogen and oxygen atoms in total. The number of anilines is 1. The van der Waals surface area contributed by atoms with Gasteiger partial charge in [0, 0.05) is 19.8 Å². The van der Waals surface area contributed by atoms with Crippen molar-refractivity contribution in [2.75, 3.05) is 11.9 Å². The maximum absolute atomic E-state index is 12.5. The number of furan rings is 1. The van der Waals surface area contributed by atoms with Crippen LogP contribution in [0, 0.1) is 0 Å². The van der Waals surface area contributed by atoms with Crippen molar-refractivity contribution in [2.24, 2.45) is 7.05 Å². The van der Waals surface area contributed by atoms with Gasteiger partial charge in [-0.2, -0.15) is 0 Å². The predicted molar refractivity (Wildman–Crippen MR) is 94.1 cm³/mol. The summed E-state index contributed by atoms with van der Waals surface area (Å²) in [5.41, 5.74) is 1.60. The second-order valence-corrected chi connectivity index (χ2v) is 6.81. The summed E-state index contributed by atoms with van der Waals surface area (Å²) in [6.07, 6.45) is 3.16. The molecule has 0 spiro atoms. The van der Waals surface area contributed by atoms with Crippen LogP contribution in [0.1, 0.15) is 0 Å². The molecule has 124 valence electrons. The molecule has 3 aromatic rings. The quantitative estimate of drug-likeness (QED) is 0.514. The molecule has 1 amide bonds.